The summed E-state index contributed by atoms with van der Waals surface area (Å²) in [6, 6.07) is 5.56. The maximum absolute atomic E-state index is 11.0. The molecule has 1 rings (SSSR count). The van der Waals surface area contributed by atoms with Gasteiger partial charge >= 0.3 is 0 Å². The fourth-order valence-electron chi connectivity index (χ4n) is 1.24. The summed E-state index contributed by atoms with van der Waals surface area (Å²) in [4.78, 5) is 0. The zero-order valence-electron chi connectivity index (χ0n) is 8.00. The normalized spacial score (nSPS) is 12.8. The molecule has 78 valence electrons. The third-order valence-electron chi connectivity index (χ3n) is 1.87. The minimum Gasteiger partial charge on any atom is -0.396 e. The molecule has 0 heterocycles. The summed E-state index contributed by atoms with van der Waals surface area (Å²) in [5.74, 6) is 0.470. The Morgan fingerprint density at radius 2 is 2.21 bits per heavy atom. The quantitative estimate of drug-likeness (QED) is 0.859. The second kappa shape index (κ2) is 5.49. The van der Waals surface area contributed by atoms with Crippen LogP contribution in [0, 0.1) is 0 Å². The van der Waals surface area contributed by atoms with Crippen molar-refractivity contribution in [2.75, 3.05) is 12.9 Å². The highest BCUT2D eigenvalue weighted by Gasteiger charge is 2.03. The van der Waals surface area contributed by atoms with E-state index in [1.54, 1.807) is 12.3 Å². The topological polar surface area (TPSA) is 37.3 Å². The first-order chi connectivity index (χ1) is 6.63. The van der Waals surface area contributed by atoms with Gasteiger partial charge in [-0.05, 0) is 23.6 Å². The van der Waals surface area contributed by atoms with E-state index >= 15 is 0 Å². The largest absolute Gasteiger partial charge is 0.396 e. The van der Waals surface area contributed by atoms with Crippen molar-refractivity contribution in [3.8, 4) is 0 Å². The summed E-state index contributed by atoms with van der Waals surface area (Å²) in [5, 5.41) is 9.41. The Labute approximate surface area is 91.4 Å². The highest BCUT2D eigenvalue weighted by molar-refractivity contribution is 7.83. The highest BCUT2D eigenvalue weighted by Crippen LogP contribution is 2.19. The molecule has 0 aliphatic heterocycles. The van der Waals surface area contributed by atoms with Crippen LogP contribution in [0.1, 0.15) is 11.1 Å². The summed E-state index contributed by atoms with van der Waals surface area (Å²) in [6.45, 7) is 0.121. The molecular formula is C10H13ClO2S. The first-order valence-corrected chi connectivity index (χ1v) is 6.42. The minimum atomic E-state index is -0.886. The van der Waals surface area contributed by atoms with Crippen LogP contribution in [0.4, 0.5) is 0 Å². The first-order valence-electron chi connectivity index (χ1n) is 4.31. The second-order valence-electron chi connectivity index (χ2n) is 3.12. The molecule has 14 heavy (non-hydrogen) atoms. The number of rotatable bonds is 4. The zero-order chi connectivity index (χ0) is 10.6. The lowest BCUT2D eigenvalue weighted by Gasteiger charge is -2.05. The molecule has 1 atom stereocenters. The van der Waals surface area contributed by atoms with Crippen molar-refractivity contribution in [1.29, 1.82) is 0 Å². The lowest BCUT2D eigenvalue weighted by Crippen LogP contribution is -1.97. The van der Waals surface area contributed by atoms with Crippen LogP contribution >= 0.6 is 11.6 Å². The van der Waals surface area contributed by atoms with Crippen LogP contribution in [0.5, 0.6) is 0 Å². The number of halogens is 1. The van der Waals surface area contributed by atoms with Crippen molar-refractivity contribution in [1.82, 2.24) is 0 Å². The number of aliphatic hydroxyl groups is 1. The van der Waals surface area contributed by atoms with Gasteiger partial charge in [-0.25, -0.2) is 0 Å². The lowest BCUT2D eigenvalue weighted by molar-refractivity contribution is 0.299. The van der Waals surface area contributed by atoms with Crippen molar-refractivity contribution >= 4 is 22.4 Å². The van der Waals surface area contributed by atoms with Gasteiger partial charge in [0.05, 0.1) is 0 Å². The van der Waals surface area contributed by atoms with Crippen LogP contribution in [-0.4, -0.2) is 22.2 Å². The fourth-order valence-corrected chi connectivity index (χ4v) is 2.18. The van der Waals surface area contributed by atoms with Gasteiger partial charge in [-0.2, -0.15) is 0 Å². The fraction of sp³-hybridized carbons (Fsp3) is 0.400. The summed E-state index contributed by atoms with van der Waals surface area (Å²) >= 11 is 5.94. The van der Waals surface area contributed by atoms with Gasteiger partial charge in [0.15, 0.2) is 0 Å². The van der Waals surface area contributed by atoms with E-state index in [1.807, 2.05) is 12.1 Å². The monoisotopic (exact) mass is 232 g/mol. The number of aliphatic hydroxyl groups excluding tert-OH is 1. The van der Waals surface area contributed by atoms with Crippen molar-refractivity contribution in [3.63, 3.8) is 0 Å². The van der Waals surface area contributed by atoms with E-state index in [0.29, 0.717) is 17.2 Å². The van der Waals surface area contributed by atoms with E-state index in [0.717, 1.165) is 11.1 Å². The van der Waals surface area contributed by atoms with Crippen LogP contribution in [0.3, 0.4) is 0 Å². The van der Waals surface area contributed by atoms with Gasteiger partial charge in [0.25, 0.3) is 0 Å². The molecule has 0 saturated heterocycles. The molecule has 0 amide bonds. The van der Waals surface area contributed by atoms with Crippen molar-refractivity contribution in [2.24, 2.45) is 0 Å². The van der Waals surface area contributed by atoms with E-state index in [4.69, 9.17) is 16.7 Å². The Morgan fingerprint density at radius 1 is 1.50 bits per heavy atom. The van der Waals surface area contributed by atoms with Gasteiger partial charge < -0.3 is 5.11 Å². The zero-order valence-corrected chi connectivity index (χ0v) is 9.57. The van der Waals surface area contributed by atoms with Crippen LogP contribution in [0.25, 0.3) is 0 Å². The van der Waals surface area contributed by atoms with Gasteiger partial charge in [0.1, 0.15) is 0 Å². The van der Waals surface area contributed by atoms with Crippen molar-refractivity contribution in [2.45, 2.75) is 12.2 Å². The maximum Gasteiger partial charge on any atom is 0.0497 e. The molecule has 1 aromatic carbocycles. The second-order valence-corrected chi connectivity index (χ2v) is 4.96. The molecule has 2 nitrogen and oxygen atoms in total. The van der Waals surface area contributed by atoms with Gasteiger partial charge in [0.2, 0.25) is 0 Å². The lowest BCUT2D eigenvalue weighted by atomic mass is 10.1. The standard InChI is InChI=1S/C10H13ClO2S/c1-14(13)7-9-6-8(4-5-12)2-3-10(9)11/h2-3,6,12H,4-5,7H2,1H3. The average molecular weight is 233 g/mol. The Hall–Kier alpha value is -0.380. The minimum absolute atomic E-state index is 0.121. The molecule has 0 aliphatic carbocycles. The van der Waals surface area contributed by atoms with Gasteiger partial charge in [-0.3, -0.25) is 4.21 Å². The summed E-state index contributed by atoms with van der Waals surface area (Å²) in [7, 11) is -0.886. The molecule has 1 N–H and O–H groups in total. The van der Waals surface area contributed by atoms with Crippen molar-refractivity contribution in [3.05, 3.63) is 34.3 Å². The van der Waals surface area contributed by atoms with E-state index < -0.39 is 10.8 Å². The number of benzene rings is 1. The van der Waals surface area contributed by atoms with Gasteiger partial charge in [0, 0.05) is 34.4 Å². The number of hydrogen-bond donors (Lipinski definition) is 1. The van der Waals surface area contributed by atoms with Gasteiger partial charge in [-0.1, -0.05) is 23.7 Å². The molecule has 0 aliphatic rings. The van der Waals surface area contributed by atoms with Crippen LogP contribution in [0.2, 0.25) is 5.02 Å². The van der Waals surface area contributed by atoms with Gasteiger partial charge in [-0.15, -0.1) is 0 Å². The van der Waals surface area contributed by atoms with E-state index in [9.17, 15) is 4.21 Å². The van der Waals surface area contributed by atoms with E-state index in [2.05, 4.69) is 0 Å². The van der Waals surface area contributed by atoms with E-state index in [1.165, 1.54) is 0 Å². The molecule has 0 radical (unpaired) electrons. The molecule has 0 aromatic heterocycles. The number of hydrogen-bond acceptors (Lipinski definition) is 2. The Bertz CT molecular complexity index is 339. The van der Waals surface area contributed by atoms with Crippen LogP contribution in [-0.2, 0) is 23.0 Å². The molecule has 4 heteroatoms. The average Bonchev–Trinajstić information content (AvgIpc) is 2.10. The summed E-state index contributed by atoms with van der Waals surface area (Å²) in [5.41, 5.74) is 1.91. The molecule has 0 spiro atoms. The SMILES string of the molecule is CS(=O)Cc1cc(CCO)ccc1Cl. The van der Waals surface area contributed by atoms with Crippen LogP contribution in [0.15, 0.2) is 18.2 Å². The Kier molecular flexibility index (Phi) is 4.58. The molecule has 1 aromatic rings. The molecule has 1 unspecified atom stereocenters. The predicted molar refractivity (Wildman–Crippen MR) is 60.0 cm³/mol. The first kappa shape index (κ1) is 11.7. The van der Waals surface area contributed by atoms with Crippen molar-refractivity contribution < 1.29 is 9.32 Å². The third kappa shape index (κ3) is 3.40. The molecular weight excluding hydrogens is 220 g/mol. The van der Waals surface area contributed by atoms with Crippen LogP contribution < -0.4 is 0 Å². The summed E-state index contributed by atoms with van der Waals surface area (Å²) < 4.78 is 11.0. The molecule has 0 bridgehead atoms. The van der Waals surface area contributed by atoms with E-state index in [-0.39, 0.29) is 6.61 Å². The third-order valence-corrected chi connectivity index (χ3v) is 2.96. The summed E-state index contributed by atoms with van der Waals surface area (Å²) in [6.07, 6.45) is 2.26. The highest BCUT2D eigenvalue weighted by atomic mass is 35.5. The molecule has 0 fully saturated rings. The smallest absolute Gasteiger partial charge is 0.0497 e. The molecule has 0 saturated carbocycles. The Morgan fingerprint density at radius 3 is 2.79 bits per heavy atom. The maximum atomic E-state index is 11.0. The predicted octanol–water partition coefficient (Wildman–Crippen LogP) is 1.75. The Balaban J connectivity index is 2.90.